The van der Waals surface area contributed by atoms with Gasteiger partial charge in [-0.3, -0.25) is 9.36 Å². The van der Waals surface area contributed by atoms with Gasteiger partial charge in [-0.05, 0) is 56.2 Å². The SMILES string of the molecule is Cn1c(C(F)(F)F)nc([N+](=O)[O-])c1C[N+](C)(C)CC=CC(=O)Nc1cc2c(Nc3ccc(F)c(Br)c3)ncnc2cn1. The Morgan fingerprint density at radius 1 is 1.21 bits per heavy atom. The lowest BCUT2D eigenvalue weighted by atomic mass is 10.2. The first-order valence-electron chi connectivity index (χ1n) is 12.0. The highest BCUT2D eigenvalue weighted by Gasteiger charge is 2.45. The summed E-state index contributed by atoms with van der Waals surface area (Å²) < 4.78 is 54.3. The Hall–Kier alpha value is -4.51. The van der Waals surface area contributed by atoms with Gasteiger partial charge in [0.05, 0.1) is 36.8 Å². The van der Waals surface area contributed by atoms with Crippen LogP contribution in [0.1, 0.15) is 11.5 Å². The molecule has 0 saturated heterocycles. The zero-order valence-electron chi connectivity index (χ0n) is 22.3. The van der Waals surface area contributed by atoms with Crippen LogP contribution in [0.2, 0.25) is 0 Å². The monoisotopic (exact) mass is 652 g/mol. The number of pyridine rings is 1. The molecule has 17 heteroatoms. The van der Waals surface area contributed by atoms with Crippen LogP contribution in [0.3, 0.4) is 0 Å². The minimum absolute atomic E-state index is 0.0124. The second kappa shape index (κ2) is 11.8. The molecule has 0 radical (unpaired) electrons. The minimum Gasteiger partial charge on any atom is -0.358 e. The van der Waals surface area contributed by atoms with Crippen molar-refractivity contribution in [2.24, 2.45) is 7.05 Å². The number of nitrogens with one attached hydrogen (secondary N) is 2. The van der Waals surface area contributed by atoms with E-state index >= 15 is 0 Å². The molecule has 220 valence electrons. The summed E-state index contributed by atoms with van der Waals surface area (Å²) in [6.07, 6.45) is 0.631. The molecule has 0 bridgehead atoms. The number of fused-ring (bicyclic) bond motifs is 1. The Labute approximate surface area is 244 Å². The third-order valence-corrected chi connectivity index (χ3v) is 6.63. The van der Waals surface area contributed by atoms with Crippen molar-refractivity contribution < 1.29 is 31.8 Å². The Bertz CT molecular complexity index is 1710. The summed E-state index contributed by atoms with van der Waals surface area (Å²) in [5.74, 6) is -2.62. The first kappa shape index (κ1) is 30.4. The van der Waals surface area contributed by atoms with E-state index in [4.69, 9.17) is 0 Å². The van der Waals surface area contributed by atoms with Crippen molar-refractivity contribution in [2.75, 3.05) is 31.3 Å². The fourth-order valence-corrected chi connectivity index (χ4v) is 4.39. The maximum absolute atomic E-state index is 13.6. The average Bonchev–Trinajstić information content (AvgIpc) is 3.22. The number of quaternary nitrogens is 1. The number of likely N-dealkylation sites (N-methyl/N-ethyl adjacent to an activating group) is 1. The molecule has 0 aliphatic heterocycles. The van der Waals surface area contributed by atoms with Crippen LogP contribution >= 0.6 is 15.9 Å². The van der Waals surface area contributed by atoms with Crippen molar-refractivity contribution in [3.8, 4) is 0 Å². The lowest BCUT2D eigenvalue weighted by Gasteiger charge is -2.28. The fraction of sp³-hybridized carbons (Fsp3) is 0.240. The lowest BCUT2D eigenvalue weighted by molar-refractivity contribution is -0.898. The van der Waals surface area contributed by atoms with Crippen molar-refractivity contribution in [2.45, 2.75) is 12.7 Å². The normalized spacial score (nSPS) is 12.2. The fourth-order valence-electron chi connectivity index (χ4n) is 4.01. The zero-order chi connectivity index (χ0) is 30.8. The number of rotatable bonds is 9. The minimum atomic E-state index is -4.86. The smallest absolute Gasteiger partial charge is 0.358 e. The third kappa shape index (κ3) is 7.03. The lowest BCUT2D eigenvalue weighted by Crippen LogP contribution is -2.39. The van der Waals surface area contributed by atoms with Gasteiger partial charge in [-0.25, -0.2) is 19.3 Å². The molecule has 0 saturated carbocycles. The third-order valence-electron chi connectivity index (χ3n) is 6.02. The van der Waals surface area contributed by atoms with Crippen LogP contribution in [-0.2, 0) is 24.6 Å². The van der Waals surface area contributed by atoms with Crippen molar-refractivity contribution >= 4 is 55.9 Å². The summed E-state index contributed by atoms with van der Waals surface area (Å²) in [4.78, 5) is 38.7. The summed E-state index contributed by atoms with van der Waals surface area (Å²) >= 11 is 3.13. The topological polar surface area (TPSA) is 141 Å². The highest BCUT2D eigenvalue weighted by atomic mass is 79.9. The van der Waals surface area contributed by atoms with Crippen LogP contribution in [0, 0.1) is 15.9 Å². The van der Waals surface area contributed by atoms with Gasteiger partial charge in [0.1, 0.15) is 30.3 Å². The molecule has 0 unspecified atom stereocenters. The second-order valence-corrected chi connectivity index (χ2v) is 10.6. The number of hydrogen-bond donors (Lipinski definition) is 2. The first-order valence-corrected chi connectivity index (χ1v) is 12.8. The Morgan fingerprint density at radius 3 is 2.62 bits per heavy atom. The number of carbonyl (C=O) groups is 1. The predicted octanol–water partition coefficient (Wildman–Crippen LogP) is 5.10. The molecular formula is C25H23BrF4N9O3+. The van der Waals surface area contributed by atoms with Gasteiger partial charge < -0.3 is 25.2 Å². The van der Waals surface area contributed by atoms with Gasteiger partial charge in [-0.15, -0.1) is 0 Å². The van der Waals surface area contributed by atoms with Gasteiger partial charge in [0.25, 0.3) is 0 Å². The molecule has 1 aromatic carbocycles. The zero-order valence-corrected chi connectivity index (χ0v) is 23.9. The maximum Gasteiger partial charge on any atom is 0.475 e. The van der Waals surface area contributed by atoms with E-state index in [1.165, 1.54) is 36.8 Å². The quantitative estimate of drug-likeness (QED) is 0.0836. The van der Waals surface area contributed by atoms with Crippen LogP contribution in [0.15, 0.2) is 53.4 Å². The molecule has 3 aromatic heterocycles. The number of benzene rings is 1. The molecular weight excluding hydrogens is 630 g/mol. The van der Waals surface area contributed by atoms with E-state index in [-0.39, 0.29) is 33.6 Å². The molecule has 0 aliphatic rings. The number of aromatic nitrogens is 5. The standard InChI is InChI=1S/C25H22BrF4N9O3/c1-37-19(23(38(41)42)36-24(37)25(28,29)30)12-39(2,3)8-4-5-21(40)35-20-10-15-18(11-31-20)32-13-33-22(15)34-14-6-7-17(27)16(26)9-14/h4-7,9-11,13H,8,12H2,1-3H3,(H-,31,32,33,34,35,40)/p+1. The van der Waals surface area contributed by atoms with Gasteiger partial charge in [0.2, 0.25) is 5.91 Å². The van der Waals surface area contributed by atoms with Gasteiger partial charge in [-0.1, -0.05) is 0 Å². The number of carbonyl (C=O) groups excluding carboxylic acids is 1. The van der Waals surface area contributed by atoms with Crippen LogP contribution < -0.4 is 10.6 Å². The number of halogens is 5. The van der Waals surface area contributed by atoms with Crippen molar-refractivity contribution in [1.82, 2.24) is 24.5 Å². The molecule has 0 aliphatic carbocycles. The van der Waals surface area contributed by atoms with Gasteiger partial charge in [-0.2, -0.15) is 13.2 Å². The summed E-state index contributed by atoms with van der Waals surface area (Å²) in [7, 11) is 4.36. The van der Waals surface area contributed by atoms with Crippen molar-refractivity contribution in [3.05, 3.63) is 80.9 Å². The van der Waals surface area contributed by atoms with Gasteiger partial charge in [0, 0.05) is 24.2 Å². The van der Waals surface area contributed by atoms with E-state index in [1.54, 1.807) is 26.2 Å². The largest absolute Gasteiger partial charge is 0.475 e. The van der Waals surface area contributed by atoms with Crippen LogP contribution in [0.25, 0.3) is 10.9 Å². The van der Waals surface area contributed by atoms with Crippen LogP contribution in [-0.4, -0.2) is 60.5 Å². The van der Waals surface area contributed by atoms with Crippen molar-refractivity contribution in [3.63, 3.8) is 0 Å². The Balaban J connectivity index is 1.45. The molecule has 0 fully saturated rings. The summed E-state index contributed by atoms with van der Waals surface area (Å²) in [6, 6.07) is 5.92. The van der Waals surface area contributed by atoms with E-state index < -0.39 is 34.5 Å². The molecule has 4 rings (SSSR count). The Kier molecular flexibility index (Phi) is 8.53. The second-order valence-electron chi connectivity index (χ2n) is 9.75. The molecule has 2 N–H and O–H groups in total. The van der Waals surface area contributed by atoms with E-state index in [0.29, 0.717) is 27.0 Å². The number of hydrogen-bond acceptors (Lipinski definition) is 8. The number of imidazole rings is 1. The first-order chi connectivity index (χ1) is 19.6. The van der Waals surface area contributed by atoms with Crippen LogP contribution in [0.5, 0.6) is 0 Å². The van der Waals surface area contributed by atoms with Gasteiger partial charge in [0.15, 0.2) is 5.69 Å². The number of nitro groups is 1. The van der Waals surface area contributed by atoms with E-state index in [9.17, 15) is 32.5 Å². The highest BCUT2D eigenvalue weighted by molar-refractivity contribution is 9.10. The highest BCUT2D eigenvalue weighted by Crippen LogP contribution is 2.33. The molecule has 0 atom stereocenters. The molecule has 42 heavy (non-hydrogen) atoms. The Morgan fingerprint density at radius 2 is 1.95 bits per heavy atom. The van der Waals surface area contributed by atoms with Crippen molar-refractivity contribution in [1.29, 1.82) is 0 Å². The number of nitrogens with zero attached hydrogens (tertiary/aromatic N) is 7. The van der Waals surface area contributed by atoms with E-state index in [1.807, 2.05) is 0 Å². The molecule has 12 nitrogen and oxygen atoms in total. The average molecular weight is 653 g/mol. The maximum atomic E-state index is 13.6. The number of alkyl halides is 3. The van der Waals surface area contributed by atoms with Crippen LogP contribution in [0.4, 0.5) is 40.7 Å². The summed E-state index contributed by atoms with van der Waals surface area (Å²) in [6.45, 7) is -0.00806. The molecule has 3 heterocycles. The summed E-state index contributed by atoms with van der Waals surface area (Å²) in [5, 5.41) is 17.6. The molecule has 1 amide bonds. The molecule has 0 spiro atoms. The number of anilines is 3. The van der Waals surface area contributed by atoms with E-state index in [0.717, 1.165) is 7.05 Å². The van der Waals surface area contributed by atoms with Gasteiger partial charge >= 0.3 is 17.8 Å². The van der Waals surface area contributed by atoms with E-state index in [2.05, 4.69) is 46.5 Å². The summed E-state index contributed by atoms with van der Waals surface area (Å²) in [5.41, 5.74) is 0.842. The molecule has 4 aromatic rings. The number of amides is 1. The predicted molar refractivity (Wildman–Crippen MR) is 148 cm³/mol.